The molecular weight excluding hydrogens is 386 g/mol. The second kappa shape index (κ2) is 8.06. The normalized spacial score (nSPS) is 17.2. The Balaban J connectivity index is 1.37. The van der Waals surface area contributed by atoms with Crippen LogP contribution in [0.1, 0.15) is 12.0 Å². The molecule has 0 aliphatic carbocycles. The number of carbonyl (C=O) groups excluding carboxylic acids is 3. The van der Waals surface area contributed by atoms with Gasteiger partial charge >= 0.3 is 0 Å². The SMILES string of the molecule is CN(C)C(=O)Cc1ccc(NC(=O)[C@H]2CC(=O)N(c3ccc4c(c3)OCO4)C2)cc1. The Kier molecular flexibility index (Phi) is 5.31. The van der Waals surface area contributed by atoms with Crippen molar-refractivity contribution in [3.05, 3.63) is 48.0 Å². The van der Waals surface area contributed by atoms with Crippen LogP contribution in [0.4, 0.5) is 11.4 Å². The van der Waals surface area contributed by atoms with Gasteiger partial charge in [-0.05, 0) is 29.8 Å². The molecule has 8 nitrogen and oxygen atoms in total. The molecule has 1 atom stereocenters. The van der Waals surface area contributed by atoms with E-state index < -0.39 is 5.92 Å². The van der Waals surface area contributed by atoms with Crippen molar-refractivity contribution >= 4 is 29.1 Å². The van der Waals surface area contributed by atoms with E-state index in [9.17, 15) is 14.4 Å². The first-order valence-corrected chi connectivity index (χ1v) is 9.70. The van der Waals surface area contributed by atoms with Gasteiger partial charge in [-0.2, -0.15) is 0 Å². The van der Waals surface area contributed by atoms with Crippen LogP contribution in [-0.4, -0.2) is 50.1 Å². The van der Waals surface area contributed by atoms with Gasteiger partial charge in [-0.25, -0.2) is 0 Å². The Morgan fingerprint density at radius 1 is 1.10 bits per heavy atom. The third-order valence-corrected chi connectivity index (χ3v) is 5.24. The molecule has 4 rings (SSSR count). The van der Waals surface area contributed by atoms with Gasteiger partial charge in [0, 0.05) is 44.5 Å². The number of fused-ring (bicyclic) bond motifs is 1. The molecule has 2 aromatic rings. The standard InChI is InChI=1S/C22H23N3O5/c1-24(2)20(26)9-14-3-5-16(6-4-14)23-22(28)15-10-21(27)25(12-15)17-7-8-18-19(11-17)30-13-29-18/h3-8,11,15H,9-10,12-13H2,1-2H3,(H,23,28)/t15-/m0/s1. The largest absolute Gasteiger partial charge is 0.454 e. The zero-order chi connectivity index (χ0) is 21.3. The number of anilines is 2. The maximum absolute atomic E-state index is 12.7. The molecule has 0 unspecified atom stereocenters. The van der Waals surface area contributed by atoms with E-state index in [0.717, 1.165) is 5.56 Å². The quantitative estimate of drug-likeness (QED) is 0.817. The van der Waals surface area contributed by atoms with Crippen LogP contribution in [0.25, 0.3) is 0 Å². The number of nitrogens with zero attached hydrogens (tertiary/aromatic N) is 2. The van der Waals surface area contributed by atoms with Gasteiger partial charge in [-0.3, -0.25) is 14.4 Å². The fourth-order valence-corrected chi connectivity index (χ4v) is 3.47. The van der Waals surface area contributed by atoms with Crippen LogP contribution in [0.15, 0.2) is 42.5 Å². The van der Waals surface area contributed by atoms with Gasteiger partial charge in [-0.1, -0.05) is 12.1 Å². The molecule has 156 valence electrons. The summed E-state index contributed by atoms with van der Waals surface area (Å²) in [5.41, 5.74) is 2.20. The summed E-state index contributed by atoms with van der Waals surface area (Å²) in [5, 5.41) is 2.86. The van der Waals surface area contributed by atoms with Crippen LogP contribution in [-0.2, 0) is 20.8 Å². The molecule has 3 amide bonds. The van der Waals surface area contributed by atoms with Crippen molar-refractivity contribution in [2.45, 2.75) is 12.8 Å². The van der Waals surface area contributed by atoms with Crippen LogP contribution in [0, 0.1) is 5.92 Å². The van der Waals surface area contributed by atoms with Crippen LogP contribution in [0.2, 0.25) is 0 Å². The molecule has 0 saturated carbocycles. The predicted molar refractivity (Wildman–Crippen MR) is 110 cm³/mol. The number of likely N-dealkylation sites (N-methyl/N-ethyl adjacent to an activating group) is 1. The third kappa shape index (κ3) is 4.07. The number of hydrogen-bond donors (Lipinski definition) is 1. The van der Waals surface area contributed by atoms with Crippen LogP contribution in [0.5, 0.6) is 11.5 Å². The molecule has 1 saturated heterocycles. The highest BCUT2D eigenvalue weighted by Crippen LogP contribution is 2.37. The van der Waals surface area contributed by atoms with E-state index >= 15 is 0 Å². The average Bonchev–Trinajstić information content (AvgIpc) is 3.35. The first kappa shape index (κ1) is 19.8. The van der Waals surface area contributed by atoms with Gasteiger partial charge in [0.15, 0.2) is 11.5 Å². The van der Waals surface area contributed by atoms with Gasteiger partial charge in [0.05, 0.1) is 12.3 Å². The minimum atomic E-state index is -0.446. The molecule has 2 heterocycles. The zero-order valence-electron chi connectivity index (χ0n) is 16.9. The van der Waals surface area contributed by atoms with Crippen molar-refractivity contribution in [3.63, 3.8) is 0 Å². The first-order valence-electron chi connectivity index (χ1n) is 9.70. The molecule has 0 bridgehead atoms. The maximum Gasteiger partial charge on any atom is 0.231 e. The van der Waals surface area contributed by atoms with E-state index in [1.54, 1.807) is 54.2 Å². The second-order valence-corrected chi connectivity index (χ2v) is 7.59. The summed E-state index contributed by atoms with van der Waals surface area (Å²) in [6.07, 6.45) is 0.457. The van der Waals surface area contributed by atoms with Crippen molar-refractivity contribution in [2.24, 2.45) is 5.92 Å². The lowest BCUT2D eigenvalue weighted by Gasteiger charge is -2.17. The van der Waals surface area contributed by atoms with Crippen LogP contribution in [0.3, 0.4) is 0 Å². The van der Waals surface area contributed by atoms with E-state index in [0.29, 0.717) is 35.8 Å². The lowest BCUT2D eigenvalue weighted by atomic mass is 10.1. The Morgan fingerprint density at radius 3 is 2.57 bits per heavy atom. The lowest BCUT2D eigenvalue weighted by Crippen LogP contribution is -2.28. The molecule has 0 radical (unpaired) electrons. The molecule has 2 aromatic carbocycles. The summed E-state index contributed by atoms with van der Waals surface area (Å²) in [6, 6.07) is 12.5. The molecule has 2 aliphatic heterocycles. The Morgan fingerprint density at radius 2 is 1.83 bits per heavy atom. The molecule has 0 aromatic heterocycles. The molecule has 1 N–H and O–H groups in total. The van der Waals surface area contributed by atoms with Gasteiger partial charge in [0.2, 0.25) is 24.5 Å². The Labute approximate surface area is 174 Å². The van der Waals surface area contributed by atoms with Gasteiger partial charge in [0.1, 0.15) is 0 Å². The number of hydrogen-bond acceptors (Lipinski definition) is 5. The van der Waals surface area contributed by atoms with Crippen molar-refractivity contribution in [3.8, 4) is 11.5 Å². The minimum Gasteiger partial charge on any atom is -0.454 e. The number of carbonyl (C=O) groups is 3. The van der Waals surface area contributed by atoms with Crippen molar-refractivity contribution in [1.82, 2.24) is 4.90 Å². The topological polar surface area (TPSA) is 88.2 Å². The molecule has 0 spiro atoms. The monoisotopic (exact) mass is 409 g/mol. The van der Waals surface area contributed by atoms with Crippen molar-refractivity contribution in [2.75, 3.05) is 37.6 Å². The van der Waals surface area contributed by atoms with Crippen LogP contribution >= 0.6 is 0 Å². The van der Waals surface area contributed by atoms with E-state index in [4.69, 9.17) is 9.47 Å². The fourth-order valence-electron chi connectivity index (χ4n) is 3.47. The smallest absolute Gasteiger partial charge is 0.231 e. The number of rotatable bonds is 5. The molecule has 30 heavy (non-hydrogen) atoms. The summed E-state index contributed by atoms with van der Waals surface area (Å²) in [6.45, 7) is 0.472. The highest BCUT2D eigenvalue weighted by atomic mass is 16.7. The average molecular weight is 409 g/mol. The summed E-state index contributed by atoms with van der Waals surface area (Å²) < 4.78 is 10.7. The maximum atomic E-state index is 12.7. The number of benzene rings is 2. The van der Waals surface area contributed by atoms with Crippen molar-refractivity contribution in [1.29, 1.82) is 0 Å². The van der Waals surface area contributed by atoms with E-state index in [-0.39, 0.29) is 30.9 Å². The first-order chi connectivity index (χ1) is 14.4. The molecular formula is C22H23N3O5. The van der Waals surface area contributed by atoms with Gasteiger partial charge in [0.25, 0.3) is 0 Å². The van der Waals surface area contributed by atoms with E-state index in [1.165, 1.54) is 0 Å². The zero-order valence-corrected chi connectivity index (χ0v) is 16.9. The number of ether oxygens (including phenoxy) is 2. The number of amides is 3. The predicted octanol–water partition coefficient (Wildman–Crippen LogP) is 2.04. The van der Waals surface area contributed by atoms with Crippen molar-refractivity contribution < 1.29 is 23.9 Å². The second-order valence-electron chi connectivity index (χ2n) is 7.59. The van der Waals surface area contributed by atoms with E-state index in [1.807, 2.05) is 12.1 Å². The highest BCUT2D eigenvalue weighted by molar-refractivity contribution is 6.03. The Bertz CT molecular complexity index is 987. The third-order valence-electron chi connectivity index (χ3n) is 5.24. The van der Waals surface area contributed by atoms with Gasteiger partial charge in [-0.15, -0.1) is 0 Å². The summed E-state index contributed by atoms with van der Waals surface area (Å²) in [5.74, 6) is 0.504. The molecule has 1 fully saturated rings. The van der Waals surface area contributed by atoms with Crippen LogP contribution < -0.4 is 19.7 Å². The molecule has 8 heteroatoms. The Hall–Kier alpha value is -3.55. The highest BCUT2D eigenvalue weighted by Gasteiger charge is 2.35. The fraction of sp³-hybridized carbons (Fsp3) is 0.318. The summed E-state index contributed by atoms with van der Waals surface area (Å²) >= 11 is 0. The van der Waals surface area contributed by atoms with Gasteiger partial charge < -0.3 is 24.6 Å². The summed E-state index contributed by atoms with van der Waals surface area (Å²) in [4.78, 5) is 40.1. The molecule has 2 aliphatic rings. The number of nitrogens with one attached hydrogen (secondary N) is 1. The summed E-state index contributed by atoms with van der Waals surface area (Å²) in [7, 11) is 3.43. The minimum absolute atomic E-state index is 0.0138. The van der Waals surface area contributed by atoms with E-state index in [2.05, 4.69) is 5.32 Å². The lowest BCUT2D eigenvalue weighted by molar-refractivity contribution is -0.128.